The zero-order valence-electron chi connectivity index (χ0n) is 13.9. The lowest BCUT2D eigenvalue weighted by atomic mass is 10.2. The summed E-state index contributed by atoms with van der Waals surface area (Å²) in [6, 6.07) is 13.4. The van der Waals surface area contributed by atoms with Crippen LogP contribution in [0, 0.1) is 6.92 Å². The summed E-state index contributed by atoms with van der Waals surface area (Å²) in [5, 5.41) is 3.19. The van der Waals surface area contributed by atoms with Crippen LogP contribution >= 0.6 is 11.6 Å². The number of rotatable bonds is 5. The fraction of sp³-hybridized carbons (Fsp3) is 0.105. The van der Waals surface area contributed by atoms with Gasteiger partial charge >= 0.3 is 0 Å². The van der Waals surface area contributed by atoms with Crippen LogP contribution in [0.4, 0.5) is 5.82 Å². The quantitative estimate of drug-likeness (QED) is 0.738. The van der Waals surface area contributed by atoms with Crippen molar-refractivity contribution in [3.63, 3.8) is 0 Å². The van der Waals surface area contributed by atoms with E-state index < -0.39 is 11.3 Å². The number of hydrogen-bond donors (Lipinski definition) is 1. The van der Waals surface area contributed by atoms with E-state index in [-0.39, 0.29) is 18.1 Å². The highest BCUT2D eigenvalue weighted by Gasteiger charge is 2.13. The molecule has 7 heteroatoms. The molecule has 0 aliphatic rings. The lowest BCUT2D eigenvalue weighted by Crippen LogP contribution is -2.16. The SMILES string of the molecule is Cc1cccc(NC(=O)c2cc(=O)c(OCc3ccc(Cl)cc3)co2)n1. The third kappa shape index (κ3) is 4.49. The summed E-state index contributed by atoms with van der Waals surface area (Å²) < 4.78 is 10.7. The van der Waals surface area contributed by atoms with Gasteiger partial charge in [-0.15, -0.1) is 0 Å². The number of anilines is 1. The van der Waals surface area contributed by atoms with E-state index in [2.05, 4.69) is 10.3 Å². The smallest absolute Gasteiger partial charge is 0.292 e. The largest absolute Gasteiger partial charge is 0.482 e. The van der Waals surface area contributed by atoms with Crippen LogP contribution in [-0.2, 0) is 6.61 Å². The van der Waals surface area contributed by atoms with Crippen molar-refractivity contribution in [1.29, 1.82) is 0 Å². The molecule has 0 bridgehead atoms. The van der Waals surface area contributed by atoms with E-state index in [4.69, 9.17) is 20.8 Å². The van der Waals surface area contributed by atoms with Gasteiger partial charge in [-0.05, 0) is 36.8 Å². The van der Waals surface area contributed by atoms with Crippen LogP contribution in [0.1, 0.15) is 21.8 Å². The molecule has 0 aliphatic heterocycles. The van der Waals surface area contributed by atoms with E-state index in [0.29, 0.717) is 10.8 Å². The summed E-state index contributed by atoms with van der Waals surface area (Å²) >= 11 is 5.82. The molecule has 132 valence electrons. The van der Waals surface area contributed by atoms with E-state index in [9.17, 15) is 9.59 Å². The monoisotopic (exact) mass is 370 g/mol. The Labute approximate surface area is 154 Å². The average Bonchev–Trinajstić information content (AvgIpc) is 2.62. The van der Waals surface area contributed by atoms with E-state index in [1.165, 1.54) is 0 Å². The number of pyridine rings is 1. The second-order valence-corrected chi connectivity index (χ2v) is 5.94. The van der Waals surface area contributed by atoms with Crippen molar-refractivity contribution in [2.75, 3.05) is 5.32 Å². The number of carbonyl (C=O) groups excluding carboxylic acids is 1. The molecule has 0 aliphatic carbocycles. The van der Waals surface area contributed by atoms with E-state index in [0.717, 1.165) is 23.6 Å². The highest BCUT2D eigenvalue weighted by atomic mass is 35.5. The number of nitrogens with one attached hydrogen (secondary N) is 1. The van der Waals surface area contributed by atoms with E-state index >= 15 is 0 Å². The Morgan fingerprint density at radius 2 is 2.00 bits per heavy atom. The number of halogens is 1. The predicted octanol–water partition coefficient (Wildman–Crippen LogP) is 3.83. The number of nitrogens with zero attached hydrogens (tertiary/aromatic N) is 1. The second-order valence-electron chi connectivity index (χ2n) is 5.51. The Hall–Kier alpha value is -3.12. The maximum Gasteiger partial charge on any atom is 0.292 e. The Balaban J connectivity index is 1.67. The second kappa shape index (κ2) is 7.84. The zero-order valence-corrected chi connectivity index (χ0v) is 14.6. The first-order chi connectivity index (χ1) is 12.5. The van der Waals surface area contributed by atoms with Crippen molar-refractivity contribution in [3.05, 3.63) is 87.1 Å². The van der Waals surface area contributed by atoms with Gasteiger partial charge in [0.05, 0.1) is 0 Å². The van der Waals surface area contributed by atoms with Gasteiger partial charge in [0.15, 0.2) is 5.76 Å². The molecule has 0 saturated carbocycles. The van der Waals surface area contributed by atoms with Crippen molar-refractivity contribution >= 4 is 23.3 Å². The summed E-state index contributed by atoms with van der Waals surface area (Å²) in [6.07, 6.45) is 1.12. The van der Waals surface area contributed by atoms with Crippen LogP contribution in [0.5, 0.6) is 5.75 Å². The fourth-order valence-electron chi connectivity index (χ4n) is 2.16. The molecule has 1 amide bonds. The normalized spacial score (nSPS) is 10.4. The molecule has 0 radical (unpaired) electrons. The van der Waals surface area contributed by atoms with Crippen molar-refractivity contribution in [2.45, 2.75) is 13.5 Å². The summed E-state index contributed by atoms with van der Waals surface area (Å²) in [5.41, 5.74) is 1.16. The number of aromatic nitrogens is 1. The molecule has 0 spiro atoms. The summed E-state index contributed by atoms with van der Waals surface area (Å²) in [5.74, 6) is -0.299. The van der Waals surface area contributed by atoms with Crippen LogP contribution in [0.25, 0.3) is 0 Å². The Kier molecular flexibility index (Phi) is 5.34. The molecule has 1 aromatic carbocycles. The first kappa shape index (κ1) is 17.7. The molecule has 1 N–H and O–H groups in total. The standard InChI is InChI=1S/C19H15ClN2O4/c1-12-3-2-4-18(21-12)22-19(24)16-9-15(23)17(11-26-16)25-10-13-5-7-14(20)8-6-13/h2-9,11H,10H2,1H3,(H,21,22,24). The topological polar surface area (TPSA) is 81.4 Å². The highest BCUT2D eigenvalue weighted by Crippen LogP contribution is 2.13. The molecule has 0 atom stereocenters. The van der Waals surface area contributed by atoms with Crippen LogP contribution < -0.4 is 15.5 Å². The Morgan fingerprint density at radius 1 is 1.23 bits per heavy atom. The molecule has 2 heterocycles. The lowest BCUT2D eigenvalue weighted by Gasteiger charge is -2.07. The van der Waals surface area contributed by atoms with Gasteiger partial charge in [-0.25, -0.2) is 4.98 Å². The summed E-state index contributed by atoms with van der Waals surface area (Å²) in [6.45, 7) is 1.99. The van der Waals surface area contributed by atoms with Gasteiger partial charge in [0.2, 0.25) is 11.2 Å². The number of ether oxygens (including phenoxy) is 1. The molecule has 26 heavy (non-hydrogen) atoms. The number of benzene rings is 1. The van der Waals surface area contributed by atoms with Gasteiger partial charge in [0, 0.05) is 16.8 Å². The molecular weight excluding hydrogens is 356 g/mol. The van der Waals surface area contributed by atoms with Crippen LogP contribution in [0.15, 0.2) is 64.0 Å². The minimum Gasteiger partial charge on any atom is -0.482 e. The first-order valence-corrected chi connectivity index (χ1v) is 8.14. The van der Waals surface area contributed by atoms with Gasteiger partial charge < -0.3 is 14.5 Å². The van der Waals surface area contributed by atoms with Gasteiger partial charge in [-0.2, -0.15) is 0 Å². The Bertz CT molecular complexity index is 983. The van der Waals surface area contributed by atoms with Gasteiger partial charge in [0.1, 0.15) is 18.7 Å². The van der Waals surface area contributed by atoms with E-state index in [1.807, 2.05) is 13.0 Å². The van der Waals surface area contributed by atoms with Gasteiger partial charge in [0.25, 0.3) is 5.91 Å². The van der Waals surface area contributed by atoms with Crippen molar-refractivity contribution in [1.82, 2.24) is 4.98 Å². The predicted molar refractivity (Wildman–Crippen MR) is 97.7 cm³/mol. The summed E-state index contributed by atoms with van der Waals surface area (Å²) in [7, 11) is 0. The molecule has 3 aromatic rings. The average molecular weight is 371 g/mol. The van der Waals surface area contributed by atoms with Crippen molar-refractivity contribution in [3.8, 4) is 5.75 Å². The first-order valence-electron chi connectivity index (χ1n) is 7.76. The van der Waals surface area contributed by atoms with Gasteiger partial charge in [-0.1, -0.05) is 29.8 Å². The maximum absolute atomic E-state index is 12.2. The minimum absolute atomic E-state index is 0.0187. The highest BCUT2D eigenvalue weighted by molar-refractivity contribution is 6.30. The molecule has 2 aromatic heterocycles. The number of amides is 1. The van der Waals surface area contributed by atoms with Crippen LogP contribution in [0.2, 0.25) is 5.02 Å². The summed E-state index contributed by atoms with van der Waals surface area (Å²) in [4.78, 5) is 28.4. The Morgan fingerprint density at radius 3 is 2.69 bits per heavy atom. The van der Waals surface area contributed by atoms with Gasteiger partial charge in [-0.3, -0.25) is 9.59 Å². The third-order valence-corrected chi connectivity index (χ3v) is 3.71. The zero-order chi connectivity index (χ0) is 18.5. The molecular formula is C19H15ClN2O4. The molecule has 0 fully saturated rings. The number of hydrogen-bond acceptors (Lipinski definition) is 5. The number of aryl methyl sites for hydroxylation is 1. The van der Waals surface area contributed by atoms with Crippen LogP contribution in [0.3, 0.4) is 0 Å². The molecule has 0 unspecified atom stereocenters. The number of carbonyl (C=O) groups is 1. The maximum atomic E-state index is 12.2. The molecule has 3 rings (SSSR count). The minimum atomic E-state index is -0.565. The van der Waals surface area contributed by atoms with Crippen molar-refractivity contribution < 1.29 is 13.9 Å². The van der Waals surface area contributed by atoms with Crippen LogP contribution in [-0.4, -0.2) is 10.9 Å². The third-order valence-electron chi connectivity index (χ3n) is 3.46. The van der Waals surface area contributed by atoms with E-state index in [1.54, 1.807) is 36.4 Å². The molecule has 6 nitrogen and oxygen atoms in total. The lowest BCUT2D eigenvalue weighted by molar-refractivity contribution is 0.0993. The van der Waals surface area contributed by atoms with Crippen molar-refractivity contribution in [2.24, 2.45) is 0 Å². The fourth-order valence-corrected chi connectivity index (χ4v) is 2.28. The molecule has 0 saturated heterocycles.